The molecule has 0 amide bonds. The lowest BCUT2D eigenvalue weighted by Crippen LogP contribution is -2.44. The molecular weight excluding hydrogens is 334 g/mol. The normalized spacial score (nSPS) is 17.4. The van der Waals surface area contributed by atoms with Crippen LogP contribution in [0.2, 0.25) is 0 Å². The van der Waals surface area contributed by atoms with Gasteiger partial charge in [0.15, 0.2) is 5.96 Å². The van der Waals surface area contributed by atoms with Gasteiger partial charge in [0.1, 0.15) is 5.76 Å². The number of hydrogen-bond acceptors (Lipinski definition) is 5. The fourth-order valence-electron chi connectivity index (χ4n) is 3.19. The highest BCUT2D eigenvalue weighted by Crippen LogP contribution is 2.24. The summed E-state index contributed by atoms with van der Waals surface area (Å²) in [4.78, 5) is 12.3. The maximum Gasteiger partial charge on any atom is 0.191 e. The number of hydrogen-bond donors (Lipinski definition) is 2. The fraction of sp³-hybridized carbons (Fsp3) is 0.556. The highest BCUT2D eigenvalue weighted by molar-refractivity contribution is 7.11. The fourth-order valence-corrected chi connectivity index (χ4v) is 3.93. The summed E-state index contributed by atoms with van der Waals surface area (Å²) in [5.74, 6) is 1.82. The van der Waals surface area contributed by atoms with Crippen molar-refractivity contribution in [1.82, 2.24) is 20.5 Å². The Labute approximate surface area is 153 Å². The average molecular weight is 362 g/mol. The van der Waals surface area contributed by atoms with Gasteiger partial charge in [0.2, 0.25) is 0 Å². The van der Waals surface area contributed by atoms with Crippen LogP contribution >= 0.6 is 11.3 Å². The molecule has 0 aliphatic carbocycles. The molecule has 136 valence electrons. The Morgan fingerprint density at radius 2 is 2.20 bits per heavy atom. The summed E-state index contributed by atoms with van der Waals surface area (Å²) < 4.78 is 5.70. The van der Waals surface area contributed by atoms with Crippen LogP contribution < -0.4 is 10.6 Å². The molecule has 6 nitrogen and oxygen atoms in total. The molecule has 0 aromatic carbocycles. The molecule has 2 aromatic rings. The van der Waals surface area contributed by atoms with Gasteiger partial charge in [-0.3, -0.25) is 9.89 Å². The van der Waals surface area contributed by atoms with Gasteiger partial charge in [-0.25, -0.2) is 4.98 Å². The second-order valence-corrected chi connectivity index (χ2v) is 7.60. The molecule has 1 aliphatic heterocycles. The molecule has 0 bridgehead atoms. The first kappa shape index (κ1) is 17.9. The van der Waals surface area contributed by atoms with Crippen molar-refractivity contribution in [2.45, 2.75) is 38.8 Å². The predicted octanol–water partition coefficient (Wildman–Crippen LogP) is 2.94. The molecule has 1 unspecified atom stereocenters. The van der Waals surface area contributed by atoms with Crippen LogP contribution in [0, 0.1) is 6.92 Å². The molecule has 1 saturated heterocycles. The Kier molecular flexibility index (Phi) is 6.47. The summed E-state index contributed by atoms with van der Waals surface area (Å²) >= 11 is 1.71. The number of piperidine rings is 1. The number of furan rings is 1. The molecular formula is C18H27N5OS. The average Bonchev–Trinajstić information content (AvgIpc) is 3.31. The number of aromatic nitrogens is 1. The molecule has 1 atom stereocenters. The van der Waals surface area contributed by atoms with Gasteiger partial charge in [-0.15, -0.1) is 11.3 Å². The smallest absolute Gasteiger partial charge is 0.191 e. The zero-order valence-electron chi connectivity index (χ0n) is 15.0. The third-order valence-corrected chi connectivity index (χ3v) is 5.40. The van der Waals surface area contributed by atoms with Gasteiger partial charge in [0.25, 0.3) is 0 Å². The first-order chi connectivity index (χ1) is 12.3. The summed E-state index contributed by atoms with van der Waals surface area (Å²) in [5, 5.41) is 7.90. The van der Waals surface area contributed by atoms with Crippen molar-refractivity contribution in [3.05, 3.63) is 40.2 Å². The SMILES string of the molecule is CN=C(NCc1cnc(C)s1)NCC(c1ccco1)N1CCCCC1. The van der Waals surface area contributed by atoms with Crippen molar-refractivity contribution in [3.8, 4) is 0 Å². The number of guanidine groups is 1. The lowest BCUT2D eigenvalue weighted by atomic mass is 10.1. The Balaban J connectivity index is 1.57. The van der Waals surface area contributed by atoms with E-state index in [9.17, 15) is 0 Å². The van der Waals surface area contributed by atoms with Gasteiger partial charge in [-0.05, 0) is 45.0 Å². The molecule has 0 radical (unpaired) electrons. The highest BCUT2D eigenvalue weighted by atomic mass is 32.1. The maximum atomic E-state index is 5.70. The molecule has 0 saturated carbocycles. The summed E-state index contributed by atoms with van der Waals surface area (Å²) in [6, 6.07) is 4.27. The first-order valence-electron chi connectivity index (χ1n) is 8.89. The number of aryl methyl sites for hydroxylation is 1. The Bertz CT molecular complexity index is 661. The van der Waals surface area contributed by atoms with Crippen LogP contribution in [0.5, 0.6) is 0 Å². The Morgan fingerprint density at radius 3 is 2.84 bits per heavy atom. The van der Waals surface area contributed by atoms with E-state index >= 15 is 0 Å². The van der Waals surface area contributed by atoms with E-state index in [2.05, 4.69) is 31.6 Å². The zero-order valence-corrected chi connectivity index (χ0v) is 15.8. The standard InChI is InChI=1S/C18H27N5OS/c1-14-20-11-15(25-14)12-21-18(19-2)22-13-16(17-7-6-10-24-17)23-8-4-3-5-9-23/h6-7,10-11,16H,3-5,8-9,12-13H2,1-2H3,(H2,19,21,22). The van der Waals surface area contributed by atoms with Crippen molar-refractivity contribution in [2.24, 2.45) is 4.99 Å². The summed E-state index contributed by atoms with van der Waals surface area (Å²) in [5.41, 5.74) is 0. The number of aliphatic imine (C=N–C) groups is 1. The summed E-state index contributed by atoms with van der Waals surface area (Å²) in [7, 11) is 1.80. The van der Waals surface area contributed by atoms with Crippen LogP contribution in [0.25, 0.3) is 0 Å². The maximum absolute atomic E-state index is 5.70. The van der Waals surface area contributed by atoms with Crippen LogP contribution in [-0.2, 0) is 6.54 Å². The van der Waals surface area contributed by atoms with Crippen molar-refractivity contribution in [3.63, 3.8) is 0 Å². The number of rotatable bonds is 6. The summed E-state index contributed by atoms with van der Waals surface area (Å²) in [6.45, 7) is 5.78. The van der Waals surface area contributed by atoms with Gasteiger partial charge in [0, 0.05) is 24.7 Å². The van der Waals surface area contributed by atoms with E-state index in [1.807, 2.05) is 19.2 Å². The van der Waals surface area contributed by atoms with Crippen LogP contribution in [0.15, 0.2) is 34.0 Å². The van der Waals surface area contributed by atoms with E-state index in [0.29, 0.717) is 0 Å². The van der Waals surface area contributed by atoms with Gasteiger partial charge < -0.3 is 15.1 Å². The van der Waals surface area contributed by atoms with Crippen molar-refractivity contribution in [1.29, 1.82) is 0 Å². The molecule has 25 heavy (non-hydrogen) atoms. The minimum Gasteiger partial charge on any atom is -0.468 e. The Hall–Kier alpha value is -1.86. The van der Waals surface area contributed by atoms with Crippen LogP contribution in [-0.4, -0.2) is 42.5 Å². The molecule has 7 heteroatoms. The lowest BCUT2D eigenvalue weighted by molar-refractivity contribution is 0.146. The highest BCUT2D eigenvalue weighted by Gasteiger charge is 2.24. The van der Waals surface area contributed by atoms with Crippen LogP contribution in [0.4, 0.5) is 0 Å². The topological polar surface area (TPSA) is 65.7 Å². The van der Waals surface area contributed by atoms with E-state index < -0.39 is 0 Å². The van der Waals surface area contributed by atoms with Crippen LogP contribution in [0.3, 0.4) is 0 Å². The molecule has 3 rings (SSSR count). The van der Waals surface area contributed by atoms with E-state index in [4.69, 9.17) is 4.42 Å². The van der Waals surface area contributed by atoms with Gasteiger partial charge in [-0.1, -0.05) is 6.42 Å². The number of likely N-dealkylation sites (tertiary alicyclic amines) is 1. The minimum absolute atomic E-state index is 0.236. The van der Waals surface area contributed by atoms with Crippen molar-refractivity contribution in [2.75, 3.05) is 26.7 Å². The lowest BCUT2D eigenvalue weighted by Gasteiger charge is -2.33. The van der Waals surface area contributed by atoms with Crippen LogP contribution in [0.1, 0.15) is 40.9 Å². The molecule has 1 fully saturated rings. The van der Waals surface area contributed by atoms with E-state index in [-0.39, 0.29) is 6.04 Å². The van der Waals surface area contributed by atoms with E-state index in [1.165, 1.54) is 24.1 Å². The van der Waals surface area contributed by atoms with Crippen molar-refractivity contribution >= 4 is 17.3 Å². The molecule has 0 spiro atoms. The summed E-state index contributed by atoms with van der Waals surface area (Å²) in [6.07, 6.45) is 7.52. The predicted molar refractivity (Wildman–Crippen MR) is 102 cm³/mol. The third-order valence-electron chi connectivity index (χ3n) is 4.49. The van der Waals surface area contributed by atoms with Gasteiger partial charge >= 0.3 is 0 Å². The second kappa shape index (κ2) is 9.01. The largest absolute Gasteiger partial charge is 0.468 e. The number of nitrogens with one attached hydrogen (secondary N) is 2. The first-order valence-corrected chi connectivity index (χ1v) is 9.71. The zero-order chi connectivity index (χ0) is 17.5. The monoisotopic (exact) mass is 361 g/mol. The molecule has 1 aliphatic rings. The minimum atomic E-state index is 0.236. The molecule has 3 heterocycles. The van der Waals surface area contributed by atoms with E-state index in [0.717, 1.165) is 42.9 Å². The molecule has 2 aromatic heterocycles. The Morgan fingerprint density at radius 1 is 1.36 bits per heavy atom. The third kappa shape index (κ3) is 5.06. The number of nitrogens with zero attached hydrogens (tertiary/aromatic N) is 3. The van der Waals surface area contributed by atoms with Gasteiger partial charge in [-0.2, -0.15) is 0 Å². The van der Waals surface area contributed by atoms with E-state index in [1.54, 1.807) is 24.6 Å². The van der Waals surface area contributed by atoms with Crippen molar-refractivity contribution < 1.29 is 4.42 Å². The second-order valence-electron chi connectivity index (χ2n) is 6.28. The quantitative estimate of drug-likeness (QED) is 0.612. The molecule has 2 N–H and O–H groups in total. The van der Waals surface area contributed by atoms with Gasteiger partial charge in [0.05, 0.1) is 23.9 Å². The number of thiazole rings is 1.